The van der Waals surface area contributed by atoms with Crippen molar-refractivity contribution >= 4 is 22.8 Å². The maximum absolute atomic E-state index is 10.2. The number of hydrogen-bond donors (Lipinski definition) is 0. The first-order valence-electron chi connectivity index (χ1n) is 4.20. The summed E-state index contributed by atoms with van der Waals surface area (Å²) in [5, 5.41) is 8.90. The van der Waals surface area contributed by atoms with Crippen molar-refractivity contribution in [2.75, 3.05) is 0 Å². The fourth-order valence-electron chi connectivity index (χ4n) is 1.49. The normalized spacial score (nSPS) is 9.60. The maximum Gasteiger partial charge on any atom is 0.240 e. The Bertz CT molecular complexity index is 614. The molecule has 0 bridgehead atoms. The molecule has 2 rings (SSSR count). The van der Waals surface area contributed by atoms with Gasteiger partial charge in [-0.15, -0.1) is 0 Å². The zero-order chi connectivity index (χ0) is 10.8. The highest BCUT2D eigenvalue weighted by molar-refractivity contribution is 5.91. The van der Waals surface area contributed by atoms with E-state index in [9.17, 15) is 4.79 Å². The predicted molar refractivity (Wildman–Crippen MR) is 53.2 cm³/mol. The predicted octanol–water partition coefficient (Wildman–Crippen LogP) is 1.41. The minimum Gasteiger partial charge on any atom is -0.333 e. The van der Waals surface area contributed by atoms with E-state index in [4.69, 9.17) is 5.26 Å². The largest absolute Gasteiger partial charge is 0.333 e. The molecule has 0 saturated carbocycles. The molecule has 0 aliphatic rings. The first-order chi connectivity index (χ1) is 7.27. The van der Waals surface area contributed by atoms with Crippen molar-refractivity contribution in [2.24, 2.45) is 12.0 Å². The third-order valence-corrected chi connectivity index (χ3v) is 2.13. The van der Waals surface area contributed by atoms with Crippen LogP contribution in [0.1, 0.15) is 5.56 Å². The molecule has 0 amide bonds. The number of hydrogen-bond acceptors (Lipinski definition) is 4. The summed E-state index contributed by atoms with van der Waals surface area (Å²) >= 11 is 0. The van der Waals surface area contributed by atoms with Crippen LogP contribution in [0.25, 0.3) is 11.0 Å². The van der Waals surface area contributed by atoms with Crippen LogP contribution in [0.15, 0.2) is 23.5 Å². The fourth-order valence-corrected chi connectivity index (χ4v) is 1.49. The Hall–Kier alpha value is -2.44. The Labute approximate surface area is 85.3 Å². The van der Waals surface area contributed by atoms with Gasteiger partial charge in [0.1, 0.15) is 17.3 Å². The molecule has 5 heteroatoms. The lowest BCUT2D eigenvalue weighted by Gasteiger charge is -1.98. The molecule has 0 unspecified atom stereocenters. The Morgan fingerprint density at radius 3 is 3.00 bits per heavy atom. The molecule has 0 fully saturated rings. The second-order valence-electron chi connectivity index (χ2n) is 3.00. The third kappa shape index (κ3) is 1.30. The second-order valence-corrected chi connectivity index (χ2v) is 3.00. The summed E-state index contributed by atoms with van der Waals surface area (Å²) in [5.74, 6) is 0. The van der Waals surface area contributed by atoms with Crippen LogP contribution in [0.2, 0.25) is 0 Å². The van der Waals surface area contributed by atoms with Crippen LogP contribution < -0.4 is 0 Å². The van der Waals surface area contributed by atoms with Crippen molar-refractivity contribution in [3.63, 3.8) is 0 Å². The number of fused-ring (bicyclic) bond motifs is 1. The molecular weight excluding hydrogens is 192 g/mol. The number of aliphatic imine (C=N–C) groups is 1. The lowest BCUT2D eigenvalue weighted by Crippen LogP contribution is -1.87. The standard InChI is InChI=1S/C10H6N4O/c1-14-5-12-9-8(13-6-15)3-2-7(4-11)10(9)14/h2-3,5H,1H3. The maximum atomic E-state index is 10.2. The number of carbonyl (C=O) groups excluding carboxylic acids is 1. The first-order valence-corrected chi connectivity index (χ1v) is 4.20. The van der Waals surface area contributed by atoms with E-state index in [-0.39, 0.29) is 0 Å². The number of benzene rings is 1. The molecule has 0 spiro atoms. The Morgan fingerprint density at radius 2 is 2.33 bits per heavy atom. The highest BCUT2D eigenvalue weighted by Gasteiger charge is 2.09. The smallest absolute Gasteiger partial charge is 0.240 e. The summed E-state index contributed by atoms with van der Waals surface area (Å²) in [6, 6.07) is 5.26. The van der Waals surface area contributed by atoms with E-state index in [1.165, 1.54) is 6.08 Å². The monoisotopic (exact) mass is 198 g/mol. The van der Waals surface area contributed by atoms with E-state index in [0.717, 1.165) is 0 Å². The molecule has 1 aromatic heterocycles. The van der Waals surface area contributed by atoms with Gasteiger partial charge in [0.2, 0.25) is 6.08 Å². The molecule has 15 heavy (non-hydrogen) atoms. The van der Waals surface area contributed by atoms with Crippen LogP contribution in [0.4, 0.5) is 5.69 Å². The van der Waals surface area contributed by atoms with E-state index in [2.05, 4.69) is 16.0 Å². The Kier molecular flexibility index (Phi) is 2.05. The van der Waals surface area contributed by atoms with Gasteiger partial charge >= 0.3 is 0 Å². The van der Waals surface area contributed by atoms with Gasteiger partial charge in [-0.25, -0.2) is 9.78 Å². The van der Waals surface area contributed by atoms with E-state index >= 15 is 0 Å². The van der Waals surface area contributed by atoms with Crippen LogP contribution in [-0.4, -0.2) is 15.6 Å². The summed E-state index contributed by atoms with van der Waals surface area (Å²) in [7, 11) is 1.78. The van der Waals surface area contributed by atoms with Crippen LogP contribution in [0.5, 0.6) is 0 Å². The number of isocyanates is 1. The molecule has 0 N–H and O–H groups in total. The molecule has 1 aromatic carbocycles. The molecule has 0 aliphatic heterocycles. The summed E-state index contributed by atoms with van der Waals surface area (Å²) in [6.45, 7) is 0. The second kappa shape index (κ2) is 3.37. The molecule has 5 nitrogen and oxygen atoms in total. The van der Waals surface area contributed by atoms with Gasteiger partial charge in [-0.3, -0.25) is 0 Å². The third-order valence-electron chi connectivity index (χ3n) is 2.13. The number of nitrogens with zero attached hydrogens (tertiary/aromatic N) is 4. The van der Waals surface area contributed by atoms with Crippen molar-refractivity contribution in [3.8, 4) is 6.07 Å². The summed E-state index contributed by atoms with van der Waals surface area (Å²) < 4.78 is 1.72. The van der Waals surface area contributed by atoms with Crippen LogP contribution in [-0.2, 0) is 11.8 Å². The van der Waals surface area contributed by atoms with Crippen molar-refractivity contribution in [3.05, 3.63) is 24.0 Å². The molecule has 0 saturated heterocycles. The SMILES string of the molecule is Cn1cnc2c(N=C=O)ccc(C#N)c21. The number of nitriles is 1. The van der Waals surface area contributed by atoms with E-state index < -0.39 is 0 Å². The topological polar surface area (TPSA) is 71.0 Å². The highest BCUT2D eigenvalue weighted by Crippen LogP contribution is 2.26. The van der Waals surface area contributed by atoms with Crippen LogP contribution in [0, 0.1) is 11.3 Å². The summed E-state index contributed by atoms with van der Waals surface area (Å²) in [5.41, 5.74) is 2.16. The van der Waals surface area contributed by atoms with Gasteiger partial charge in [-0.05, 0) is 12.1 Å². The summed E-state index contributed by atoms with van der Waals surface area (Å²) in [6.07, 6.45) is 3.04. The van der Waals surface area contributed by atoms with Crippen LogP contribution >= 0.6 is 0 Å². The molecule has 2 aromatic rings. The zero-order valence-corrected chi connectivity index (χ0v) is 7.93. The molecule has 72 valence electrons. The van der Waals surface area contributed by atoms with Gasteiger partial charge in [-0.1, -0.05) is 0 Å². The van der Waals surface area contributed by atoms with Crippen molar-refractivity contribution < 1.29 is 4.79 Å². The van der Waals surface area contributed by atoms with Gasteiger partial charge in [0.05, 0.1) is 17.4 Å². The quantitative estimate of drug-likeness (QED) is 0.513. The molecule has 1 heterocycles. The zero-order valence-electron chi connectivity index (χ0n) is 7.93. The number of aromatic nitrogens is 2. The van der Waals surface area contributed by atoms with Crippen molar-refractivity contribution in [1.82, 2.24) is 9.55 Å². The average Bonchev–Trinajstić information content (AvgIpc) is 2.63. The summed E-state index contributed by atoms with van der Waals surface area (Å²) in [4.78, 5) is 17.8. The van der Waals surface area contributed by atoms with Gasteiger partial charge in [-0.2, -0.15) is 10.3 Å². The fraction of sp³-hybridized carbons (Fsp3) is 0.100. The highest BCUT2D eigenvalue weighted by atomic mass is 16.1. The van der Waals surface area contributed by atoms with Gasteiger partial charge < -0.3 is 4.57 Å². The first kappa shape index (κ1) is 9.13. The number of rotatable bonds is 1. The average molecular weight is 198 g/mol. The van der Waals surface area contributed by atoms with Gasteiger partial charge in [0.15, 0.2) is 0 Å². The van der Waals surface area contributed by atoms with Crippen LogP contribution in [0.3, 0.4) is 0 Å². The van der Waals surface area contributed by atoms with Crippen molar-refractivity contribution in [1.29, 1.82) is 5.26 Å². The van der Waals surface area contributed by atoms with Gasteiger partial charge in [0, 0.05) is 7.05 Å². The molecular formula is C10H6N4O. The van der Waals surface area contributed by atoms with Crippen molar-refractivity contribution in [2.45, 2.75) is 0 Å². The molecule has 0 atom stereocenters. The Morgan fingerprint density at radius 1 is 1.53 bits per heavy atom. The lowest BCUT2D eigenvalue weighted by atomic mass is 10.2. The lowest BCUT2D eigenvalue weighted by molar-refractivity contribution is 0.565. The van der Waals surface area contributed by atoms with E-state index in [0.29, 0.717) is 22.3 Å². The minimum absolute atomic E-state index is 0.430. The molecule has 0 aliphatic carbocycles. The number of imidazole rings is 1. The Balaban J connectivity index is 2.92. The van der Waals surface area contributed by atoms with E-state index in [1.54, 1.807) is 30.1 Å². The minimum atomic E-state index is 0.430. The van der Waals surface area contributed by atoms with Gasteiger partial charge in [0.25, 0.3) is 0 Å². The number of aryl methyl sites for hydroxylation is 1. The van der Waals surface area contributed by atoms with E-state index in [1.807, 2.05) is 0 Å². The molecule has 0 radical (unpaired) electrons.